The van der Waals surface area contributed by atoms with Gasteiger partial charge in [-0.15, -0.1) is 0 Å². The minimum Gasteiger partial charge on any atom is -0.496 e. The van der Waals surface area contributed by atoms with Crippen molar-refractivity contribution in [3.8, 4) is 5.75 Å². The molecule has 14 heavy (non-hydrogen) atoms. The van der Waals surface area contributed by atoms with Crippen molar-refractivity contribution in [2.24, 2.45) is 5.92 Å². The highest BCUT2D eigenvalue weighted by Gasteiger charge is 2.20. The maximum atomic E-state index is 9.14. The van der Waals surface area contributed by atoms with Gasteiger partial charge in [-0.1, -0.05) is 12.1 Å². The van der Waals surface area contributed by atoms with Gasteiger partial charge in [0.25, 0.3) is 0 Å². The van der Waals surface area contributed by atoms with Crippen LogP contribution in [-0.4, -0.2) is 18.8 Å². The fraction of sp³-hybridized carbons (Fsp3) is 0.500. The van der Waals surface area contributed by atoms with Gasteiger partial charge in [0.05, 0.1) is 7.11 Å². The fourth-order valence-corrected chi connectivity index (χ4v) is 2.17. The first-order valence-corrected chi connectivity index (χ1v) is 5.10. The minimum absolute atomic E-state index is 0.289. The average Bonchev–Trinajstić information content (AvgIpc) is 2.27. The predicted molar refractivity (Wildman–Crippen MR) is 55.6 cm³/mol. The number of benzene rings is 1. The Kier molecular flexibility index (Phi) is 2.73. The van der Waals surface area contributed by atoms with Crippen molar-refractivity contribution < 1.29 is 9.84 Å². The Balaban J connectivity index is 2.33. The smallest absolute Gasteiger partial charge is 0.122 e. The molecular formula is C12H16O2. The van der Waals surface area contributed by atoms with Crippen molar-refractivity contribution in [1.82, 2.24) is 0 Å². The van der Waals surface area contributed by atoms with Gasteiger partial charge in [-0.25, -0.2) is 0 Å². The van der Waals surface area contributed by atoms with E-state index in [-0.39, 0.29) is 6.61 Å². The van der Waals surface area contributed by atoms with Gasteiger partial charge in [0, 0.05) is 6.61 Å². The van der Waals surface area contributed by atoms with Crippen LogP contribution in [0, 0.1) is 5.92 Å². The van der Waals surface area contributed by atoms with Crippen molar-refractivity contribution in [2.45, 2.75) is 19.3 Å². The number of hydrogen-bond donors (Lipinski definition) is 1. The van der Waals surface area contributed by atoms with Gasteiger partial charge in [0.2, 0.25) is 0 Å². The zero-order valence-corrected chi connectivity index (χ0v) is 8.49. The third kappa shape index (κ3) is 1.62. The normalized spacial score (nSPS) is 20.3. The molecule has 1 aliphatic carbocycles. The molecule has 0 radical (unpaired) electrons. The second-order valence-corrected chi connectivity index (χ2v) is 3.89. The SMILES string of the molecule is COc1cccc2c1CC(CO)CC2. The van der Waals surface area contributed by atoms with Gasteiger partial charge in [-0.2, -0.15) is 0 Å². The highest BCUT2D eigenvalue weighted by molar-refractivity contribution is 5.42. The molecule has 0 saturated heterocycles. The van der Waals surface area contributed by atoms with Gasteiger partial charge in [-0.05, 0) is 42.4 Å². The zero-order valence-electron chi connectivity index (χ0n) is 8.49. The lowest BCUT2D eigenvalue weighted by molar-refractivity contribution is 0.212. The molecule has 2 nitrogen and oxygen atoms in total. The van der Waals surface area contributed by atoms with E-state index in [1.54, 1.807) is 7.11 Å². The van der Waals surface area contributed by atoms with E-state index in [1.165, 1.54) is 11.1 Å². The van der Waals surface area contributed by atoms with E-state index < -0.39 is 0 Å². The summed E-state index contributed by atoms with van der Waals surface area (Å²) >= 11 is 0. The third-order valence-electron chi connectivity index (χ3n) is 3.02. The molecule has 2 rings (SSSR count). The number of aliphatic hydroxyl groups excluding tert-OH is 1. The highest BCUT2D eigenvalue weighted by atomic mass is 16.5. The van der Waals surface area contributed by atoms with Crippen molar-refractivity contribution in [1.29, 1.82) is 0 Å². The number of aryl methyl sites for hydroxylation is 1. The molecule has 1 N–H and O–H groups in total. The molecule has 2 heteroatoms. The number of ether oxygens (including phenoxy) is 1. The summed E-state index contributed by atoms with van der Waals surface area (Å²) in [6.07, 6.45) is 3.12. The van der Waals surface area contributed by atoms with Crippen molar-refractivity contribution in [2.75, 3.05) is 13.7 Å². The Bertz CT molecular complexity index is 306. The molecule has 0 aromatic heterocycles. The van der Waals surface area contributed by atoms with Crippen molar-refractivity contribution >= 4 is 0 Å². The summed E-state index contributed by atoms with van der Waals surface area (Å²) in [7, 11) is 1.71. The van der Waals surface area contributed by atoms with Crippen LogP contribution < -0.4 is 4.74 Å². The summed E-state index contributed by atoms with van der Waals surface area (Å²) in [6, 6.07) is 6.20. The number of aliphatic hydroxyl groups is 1. The predicted octanol–water partition coefficient (Wildman–Crippen LogP) is 1.79. The molecule has 0 saturated carbocycles. The number of fused-ring (bicyclic) bond motifs is 1. The summed E-state index contributed by atoms with van der Waals surface area (Å²) in [4.78, 5) is 0. The van der Waals surface area contributed by atoms with E-state index in [4.69, 9.17) is 9.84 Å². The molecule has 0 spiro atoms. The molecular weight excluding hydrogens is 176 g/mol. The van der Waals surface area contributed by atoms with Crippen LogP contribution in [0.25, 0.3) is 0 Å². The Labute approximate surface area is 84.5 Å². The Morgan fingerprint density at radius 2 is 2.36 bits per heavy atom. The van der Waals surface area contributed by atoms with Crippen molar-refractivity contribution in [3.05, 3.63) is 29.3 Å². The van der Waals surface area contributed by atoms with Gasteiger partial charge >= 0.3 is 0 Å². The van der Waals surface area contributed by atoms with E-state index in [2.05, 4.69) is 6.07 Å². The largest absolute Gasteiger partial charge is 0.496 e. The molecule has 1 aromatic carbocycles. The van der Waals surface area contributed by atoms with E-state index in [0.717, 1.165) is 25.0 Å². The quantitative estimate of drug-likeness (QED) is 0.774. The number of rotatable bonds is 2. The van der Waals surface area contributed by atoms with Crippen LogP contribution in [0.4, 0.5) is 0 Å². The lowest BCUT2D eigenvalue weighted by Gasteiger charge is -2.24. The first-order valence-electron chi connectivity index (χ1n) is 5.10. The standard InChI is InChI=1S/C12H16O2/c1-14-12-4-2-3-10-6-5-9(8-13)7-11(10)12/h2-4,9,13H,5-8H2,1H3. The van der Waals surface area contributed by atoms with Crippen LogP contribution in [0.3, 0.4) is 0 Å². The molecule has 0 bridgehead atoms. The monoisotopic (exact) mass is 192 g/mol. The van der Waals surface area contributed by atoms with E-state index in [0.29, 0.717) is 5.92 Å². The summed E-state index contributed by atoms with van der Waals surface area (Å²) in [5.41, 5.74) is 2.68. The lowest BCUT2D eigenvalue weighted by Crippen LogP contribution is -2.18. The number of methoxy groups -OCH3 is 1. The molecule has 0 fully saturated rings. The zero-order chi connectivity index (χ0) is 9.97. The molecule has 1 atom stereocenters. The Morgan fingerprint density at radius 1 is 1.50 bits per heavy atom. The molecule has 1 aliphatic rings. The van der Waals surface area contributed by atoms with Gasteiger partial charge in [0.1, 0.15) is 5.75 Å². The van der Waals surface area contributed by atoms with Crippen LogP contribution in [0.5, 0.6) is 5.75 Å². The topological polar surface area (TPSA) is 29.5 Å². The Morgan fingerprint density at radius 3 is 3.07 bits per heavy atom. The summed E-state index contributed by atoms with van der Waals surface area (Å²) < 4.78 is 5.32. The second-order valence-electron chi connectivity index (χ2n) is 3.89. The molecule has 0 amide bonds. The van der Waals surface area contributed by atoms with Gasteiger partial charge in [-0.3, -0.25) is 0 Å². The van der Waals surface area contributed by atoms with Gasteiger partial charge in [0.15, 0.2) is 0 Å². The van der Waals surface area contributed by atoms with Crippen LogP contribution in [-0.2, 0) is 12.8 Å². The third-order valence-corrected chi connectivity index (χ3v) is 3.02. The van der Waals surface area contributed by atoms with Crippen LogP contribution >= 0.6 is 0 Å². The summed E-state index contributed by atoms with van der Waals surface area (Å²) in [5.74, 6) is 1.39. The van der Waals surface area contributed by atoms with Crippen molar-refractivity contribution in [3.63, 3.8) is 0 Å². The van der Waals surface area contributed by atoms with Gasteiger partial charge < -0.3 is 9.84 Å². The van der Waals surface area contributed by atoms with Crippen LogP contribution in [0.1, 0.15) is 17.5 Å². The van der Waals surface area contributed by atoms with E-state index >= 15 is 0 Å². The molecule has 0 heterocycles. The van der Waals surface area contributed by atoms with E-state index in [1.807, 2.05) is 12.1 Å². The second kappa shape index (κ2) is 4.01. The van der Waals surface area contributed by atoms with E-state index in [9.17, 15) is 0 Å². The highest BCUT2D eigenvalue weighted by Crippen LogP contribution is 2.31. The maximum absolute atomic E-state index is 9.14. The fourth-order valence-electron chi connectivity index (χ4n) is 2.17. The summed E-state index contributed by atoms with van der Waals surface area (Å²) in [6.45, 7) is 0.289. The number of hydrogen-bond acceptors (Lipinski definition) is 2. The van der Waals surface area contributed by atoms with Crippen LogP contribution in [0.15, 0.2) is 18.2 Å². The average molecular weight is 192 g/mol. The summed E-state index contributed by atoms with van der Waals surface area (Å²) in [5, 5.41) is 9.14. The molecule has 1 unspecified atom stereocenters. The lowest BCUT2D eigenvalue weighted by atomic mass is 9.84. The molecule has 76 valence electrons. The molecule has 1 aromatic rings. The minimum atomic E-state index is 0.289. The first kappa shape index (κ1) is 9.53. The molecule has 0 aliphatic heterocycles. The van der Waals surface area contributed by atoms with Crippen LogP contribution in [0.2, 0.25) is 0 Å². The Hall–Kier alpha value is -1.02. The maximum Gasteiger partial charge on any atom is 0.122 e. The first-order chi connectivity index (χ1) is 6.85.